The summed E-state index contributed by atoms with van der Waals surface area (Å²) < 4.78 is 17.4. The zero-order chi connectivity index (χ0) is 30.1. The van der Waals surface area contributed by atoms with Crippen LogP contribution in [0.2, 0.25) is 0 Å². The SMILES string of the molecule is COc1c(C)cc2c(c1O)[C@H](CNC(=O)OC(C)(C)C)N1C(=O)[C@@H]3Cc4c(Br)c(C)c(OC)c(O)c4[C@H]([C@@H]1C2)N3C. The van der Waals surface area contributed by atoms with Gasteiger partial charge in [0, 0.05) is 27.7 Å². The number of piperazine rings is 1. The van der Waals surface area contributed by atoms with Crippen LogP contribution in [0.15, 0.2) is 10.5 Å². The summed E-state index contributed by atoms with van der Waals surface area (Å²) in [6.45, 7) is 9.09. The highest BCUT2D eigenvalue weighted by Gasteiger charge is 2.55. The minimum atomic E-state index is -0.702. The van der Waals surface area contributed by atoms with E-state index in [0.29, 0.717) is 29.9 Å². The molecule has 2 bridgehead atoms. The maximum atomic E-state index is 14.3. The highest BCUT2D eigenvalue weighted by atomic mass is 79.9. The average molecular weight is 633 g/mol. The van der Waals surface area contributed by atoms with E-state index >= 15 is 0 Å². The van der Waals surface area contributed by atoms with Crippen molar-refractivity contribution in [1.29, 1.82) is 0 Å². The van der Waals surface area contributed by atoms with Gasteiger partial charge in [0.05, 0.1) is 38.4 Å². The van der Waals surface area contributed by atoms with Crippen molar-refractivity contribution >= 4 is 27.9 Å². The molecule has 222 valence electrons. The van der Waals surface area contributed by atoms with Gasteiger partial charge in [-0.25, -0.2) is 4.79 Å². The van der Waals surface area contributed by atoms with Crippen LogP contribution in [0.5, 0.6) is 23.0 Å². The molecule has 5 rings (SSSR count). The number of rotatable bonds is 4. The minimum Gasteiger partial charge on any atom is -0.504 e. The summed E-state index contributed by atoms with van der Waals surface area (Å²) in [7, 11) is 4.93. The standard InChI is InChI=1S/C30H38BrN3O7/c1-13-9-15-10-17-23-21-16(22(31)14(2)27(40-8)25(21)36)11-18(33(23)6)28(37)34(17)19(20(15)24(35)26(13)39-7)12-32-29(38)41-30(3,4)5/h9,17-19,23,35-36H,10-12H2,1-8H3,(H,32,38)/t17-,18-,19-,23-/m0/s1. The Morgan fingerprint density at radius 2 is 1.73 bits per heavy atom. The molecule has 4 atom stereocenters. The van der Waals surface area contributed by atoms with E-state index in [0.717, 1.165) is 32.3 Å². The zero-order valence-corrected chi connectivity index (χ0v) is 26.3. The molecule has 2 amide bonds. The van der Waals surface area contributed by atoms with Gasteiger partial charge in [-0.15, -0.1) is 0 Å². The van der Waals surface area contributed by atoms with Gasteiger partial charge >= 0.3 is 6.09 Å². The minimum absolute atomic E-state index is 0.0207. The molecule has 1 saturated heterocycles. The van der Waals surface area contributed by atoms with Crippen molar-refractivity contribution in [2.45, 2.75) is 77.2 Å². The van der Waals surface area contributed by atoms with E-state index in [2.05, 4.69) is 21.2 Å². The quantitative estimate of drug-likeness (QED) is 0.453. The van der Waals surface area contributed by atoms with Crippen molar-refractivity contribution in [3.05, 3.63) is 43.9 Å². The van der Waals surface area contributed by atoms with Crippen LogP contribution < -0.4 is 14.8 Å². The second kappa shape index (κ2) is 10.3. The van der Waals surface area contributed by atoms with E-state index in [1.165, 1.54) is 14.2 Å². The topological polar surface area (TPSA) is 121 Å². The van der Waals surface area contributed by atoms with Crippen LogP contribution >= 0.6 is 15.9 Å². The molecule has 0 aromatic heterocycles. The molecule has 3 aliphatic heterocycles. The molecule has 1 fully saturated rings. The smallest absolute Gasteiger partial charge is 0.407 e. The normalized spacial score (nSPS) is 23.3. The summed E-state index contributed by atoms with van der Waals surface area (Å²) >= 11 is 3.72. The van der Waals surface area contributed by atoms with E-state index in [1.54, 1.807) is 25.7 Å². The van der Waals surface area contributed by atoms with Gasteiger partial charge in [0.25, 0.3) is 0 Å². The highest BCUT2D eigenvalue weighted by Crippen LogP contribution is 2.55. The Morgan fingerprint density at radius 1 is 1.10 bits per heavy atom. The number of carbonyl (C=O) groups is 2. The third kappa shape index (κ3) is 4.57. The molecule has 0 aliphatic carbocycles. The van der Waals surface area contributed by atoms with Crippen molar-refractivity contribution in [2.75, 3.05) is 27.8 Å². The van der Waals surface area contributed by atoms with Crippen molar-refractivity contribution in [1.82, 2.24) is 15.1 Å². The predicted molar refractivity (Wildman–Crippen MR) is 156 cm³/mol. The maximum Gasteiger partial charge on any atom is 0.407 e. The number of hydrogen-bond acceptors (Lipinski definition) is 8. The number of aromatic hydroxyl groups is 2. The van der Waals surface area contributed by atoms with Crippen LogP contribution in [0.25, 0.3) is 0 Å². The summed E-state index contributed by atoms with van der Waals surface area (Å²) in [4.78, 5) is 30.9. The lowest BCUT2D eigenvalue weighted by Crippen LogP contribution is -2.67. The molecule has 0 radical (unpaired) electrons. The predicted octanol–water partition coefficient (Wildman–Crippen LogP) is 4.42. The van der Waals surface area contributed by atoms with Gasteiger partial charge in [-0.3, -0.25) is 9.69 Å². The van der Waals surface area contributed by atoms with E-state index in [1.807, 2.05) is 31.9 Å². The Morgan fingerprint density at radius 3 is 2.34 bits per heavy atom. The lowest BCUT2D eigenvalue weighted by atomic mass is 9.74. The molecule has 41 heavy (non-hydrogen) atoms. The first-order valence-corrected chi connectivity index (χ1v) is 14.5. The molecule has 0 unspecified atom stereocenters. The Labute approximate surface area is 248 Å². The first kappa shape index (κ1) is 29.3. The lowest BCUT2D eigenvalue weighted by Gasteiger charge is -2.57. The maximum absolute atomic E-state index is 14.3. The molecule has 2 aromatic rings. The van der Waals surface area contributed by atoms with Gasteiger partial charge in [0.1, 0.15) is 5.60 Å². The molecule has 3 heterocycles. The van der Waals surface area contributed by atoms with Crippen LogP contribution in [-0.2, 0) is 22.4 Å². The molecule has 3 N–H and O–H groups in total. The van der Waals surface area contributed by atoms with E-state index < -0.39 is 29.8 Å². The van der Waals surface area contributed by atoms with Crippen LogP contribution in [-0.4, -0.2) is 77.5 Å². The summed E-state index contributed by atoms with van der Waals surface area (Å²) in [5.74, 6) is 0.634. The number of benzene rings is 2. The molecular weight excluding hydrogens is 594 g/mol. The molecule has 3 aliphatic rings. The van der Waals surface area contributed by atoms with E-state index in [4.69, 9.17) is 14.2 Å². The van der Waals surface area contributed by atoms with Crippen LogP contribution in [0.4, 0.5) is 4.79 Å². The largest absolute Gasteiger partial charge is 0.504 e. The fourth-order valence-electron chi connectivity index (χ4n) is 6.92. The summed E-state index contributed by atoms with van der Waals surface area (Å²) in [6.07, 6.45) is 0.191. The molecule has 0 spiro atoms. The second-order valence-corrected chi connectivity index (χ2v) is 12.9. The molecule has 2 aromatic carbocycles. The Hall–Kier alpha value is -3.18. The van der Waals surface area contributed by atoms with Gasteiger partial charge in [-0.1, -0.05) is 22.0 Å². The number of likely N-dealkylation sites (N-methyl/N-ethyl adjacent to an activating group) is 1. The summed E-state index contributed by atoms with van der Waals surface area (Å²) in [5, 5.41) is 25.8. The number of alkyl carbamates (subject to hydrolysis) is 1. The number of fused-ring (bicyclic) bond motifs is 7. The zero-order valence-electron chi connectivity index (χ0n) is 24.7. The van der Waals surface area contributed by atoms with E-state index in [9.17, 15) is 19.8 Å². The number of carbonyl (C=O) groups excluding carboxylic acids is 2. The number of phenols is 2. The Bertz CT molecular complexity index is 1440. The van der Waals surface area contributed by atoms with Crippen LogP contribution in [0.1, 0.15) is 66.2 Å². The number of halogens is 1. The third-order valence-corrected chi connectivity index (χ3v) is 9.60. The number of phenolic OH excluding ortho intramolecular Hbond substituents is 2. The summed E-state index contributed by atoms with van der Waals surface area (Å²) in [5.41, 5.74) is 3.84. The monoisotopic (exact) mass is 631 g/mol. The number of nitrogens with one attached hydrogen (secondary N) is 1. The molecule has 10 nitrogen and oxygen atoms in total. The van der Waals surface area contributed by atoms with Crippen molar-refractivity contribution in [3.8, 4) is 23.0 Å². The highest BCUT2D eigenvalue weighted by molar-refractivity contribution is 9.10. The molecule has 11 heteroatoms. The van der Waals surface area contributed by atoms with Gasteiger partial charge in [-0.2, -0.15) is 0 Å². The number of ether oxygens (including phenoxy) is 3. The fourth-order valence-corrected chi connectivity index (χ4v) is 7.48. The number of amides is 2. The van der Waals surface area contributed by atoms with Gasteiger partial charge < -0.3 is 34.6 Å². The third-order valence-electron chi connectivity index (χ3n) is 8.53. The Kier molecular flexibility index (Phi) is 7.34. The first-order valence-electron chi connectivity index (χ1n) is 13.7. The van der Waals surface area contributed by atoms with E-state index in [-0.39, 0.29) is 30.0 Å². The molecule has 0 saturated carbocycles. The summed E-state index contributed by atoms with van der Waals surface area (Å²) in [6, 6.07) is -0.00630. The number of hydrogen-bond donors (Lipinski definition) is 3. The molecular formula is C30H38BrN3O7. The Balaban J connectivity index is 1.68. The van der Waals surface area contributed by atoms with Gasteiger partial charge in [0.2, 0.25) is 5.91 Å². The number of nitrogens with zero attached hydrogens (tertiary/aromatic N) is 2. The van der Waals surface area contributed by atoms with Crippen molar-refractivity contribution in [2.24, 2.45) is 0 Å². The average Bonchev–Trinajstić information content (AvgIpc) is 2.88. The number of aryl methyl sites for hydroxylation is 1. The van der Waals surface area contributed by atoms with Crippen LogP contribution in [0, 0.1) is 13.8 Å². The van der Waals surface area contributed by atoms with Crippen LogP contribution in [0.3, 0.4) is 0 Å². The van der Waals surface area contributed by atoms with Crippen molar-refractivity contribution < 1.29 is 34.0 Å². The van der Waals surface area contributed by atoms with Gasteiger partial charge in [-0.05, 0) is 71.2 Å². The lowest BCUT2D eigenvalue weighted by molar-refractivity contribution is -0.156. The fraction of sp³-hybridized carbons (Fsp3) is 0.533. The second-order valence-electron chi connectivity index (χ2n) is 12.1. The van der Waals surface area contributed by atoms with Crippen molar-refractivity contribution in [3.63, 3.8) is 0 Å². The first-order chi connectivity index (χ1) is 19.2. The van der Waals surface area contributed by atoms with Gasteiger partial charge in [0.15, 0.2) is 23.0 Å². The number of methoxy groups -OCH3 is 2.